The number of hydrogen-bond acceptors (Lipinski definition) is 2. The van der Waals surface area contributed by atoms with E-state index in [-0.39, 0.29) is 0 Å². The van der Waals surface area contributed by atoms with Crippen LogP contribution in [0.4, 0.5) is 0 Å². The second-order valence-corrected chi connectivity index (χ2v) is 4.26. The minimum Gasteiger partial charge on any atom is -0.317 e. The van der Waals surface area contributed by atoms with Crippen molar-refractivity contribution >= 4 is 0 Å². The molecule has 13 heavy (non-hydrogen) atoms. The van der Waals surface area contributed by atoms with Gasteiger partial charge in [-0.1, -0.05) is 13.8 Å². The van der Waals surface area contributed by atoms with E-state index in [4.69, 9.17) is 0 Å². The van der Waals surface area contributed by atoms with Crippen molar-refractivity contribution in [2.45, 2.75) is 33.1 Å². The largest absolute Gasteiger partial charge is 0.317 e. The van der Waals surface area contributed by atoms with Gasteiger partial charge in [-0.05, 0) is 51.4 Å². The van der Waals surface area contributed by atoms with Crippen LogP contribution in [0, 0.1) is 5.92 Å². The Morgan fingerprint density at radius 1 is 1.46 bits per heavy atom. The maximum Gasteiger partial charge on any atom is 0.000703 e. The molecule has 0 aromatic carbocycles. The summed E-state index contributed by atoms with van der Waals surface area (Å²) < 4.78 is 0. The summed E-state index contributed by atoms with van der Waals surface area (Å²) >= 11 is 0. The minimum absolute atomic E-state index is 0.924. The molecule has 1 N–H and O–H groups in total. The Balaban J connectivity index is 2.00. The lowest BCUT2D eigenvalue weighted by atomic mass is 10.0. The highest BCUT2D eigenvalue weighted by atomic mass is 15.1. The molecule has 2 heteroatoms. The van der Waals surface area contributed by atoms with Crippen LogP contribution in [0.3, 0.4) is 0 Å². The SMILES string of the molecule is CCNCCCN1CCCC(C)C1. The summed E-state index contributed by atoms with van der Waals surface area (Å²) in [6.07, 6.45) is 4.15. The minimum atomic E-state index is 0.924. The third-order valence-corrected chi connectivity index (χ3v) is 2.82. The summed E-state index contributed by atoms with van der Waals surface area (Å²) in [7, 11) is 0. The normalized spacial score (nSPS) is 24.9. The molecule has 1 aliphatic rings. The van der Waals surface area contributed by atoms with E-state index in [1.54, 1.807) is 0 Å². The van der Waals surface area contributed by atoms with Gasteiger partial charge in [0.25, 0.3) is 0 Å². The predicted molar refractivity (Wildman–Crippen MR) is 58.0 cm³/mol. The molecule has 1 fully saturated rings. The van der Waals surface area contributed by atoms with Crippen LogP contribution in [-0.2, 0) is 0 Å². The van der Waals surface area contributed by atoms with Crippen LogP contribution in [0.2, 0.25) is 0 Å². The van der Waals surface area contributed by atoms with E-state index in [1.807, 2.05) is 0 Å². The average Bonchev–Trinajstić information content (AvgIpc) is 2.13. The van der Waals surface area contributed by atoms with Crippen molar-refractivity contribution in [2.24, 2.45) is 5.92 Å². The van der Waals surface area contributed by atoms with E-state index in [0.717, 1.165) is 12.5 Å². The van der Waals surface area contributed by atoms with E-state index < -0.39 is 0 Å². The summed E-state index contributed by atoms with van der Waals surface area (Å²) in [5.41, 5.74) is 0. The molecular weight excluding hydrogens is 160 g/mol. The molecule has 1 aliphatic heterocycles. The van der Waals surface area contributed by atoms with Crippen LogP contribution in [0.5, 0.6) is 0 Å². The van der Waals surface area contributed by atoms with Gasteiger partial charge >= 0.3 is 0 Å². The highest BCUT2D eigenvalue weighted by Gasteiger charge is 2.14. The third kappa shape index (κ3) is 4.63. The molecule has 0 aromatic heterocycles. The average molecular weight is 184 g/mol. The van der Waals surface area contributed by atoms with Crippen molar-refractivity contribution in [3.05, 3.63) is 0 Å². The number of nitrogens with zero attached hydrogens (tertiary/aromatic N) is 1. The van der Waals surface area contributed by atoms with E-state index >= 15 is 0 Å². The Bertz CT molecular complexity index is 125. The van der Waals surface area contributed by atoms with Crippen LogP contribution < -0.4 is 5.32 Å². The van der Waals surface area contributed by atoms with Gasteiger partial charge in [-0.2, -0.15) is 0 Å². The van der Waals surface area contributed by atoms with Gasteiger partial charge in [-0.15, -0.1) is 0 Å². The number of rotatable bonds is 5. The van der Waals surface area contributed by atoms with Gasteiger partial charge < -0.3 is 10.2 Å². The van der Waals surface area contributed by atoms with Crippen LogP contribution in [0.15, 0.2) is 0 Å². The summed E-state index contributed by atoms with van der Waals surface area (Å²) in [5.74, 6) is 0.924. The van der Waals surface area contributed by atoms with Crippen molar-refractivity contribution in [2.75, 3.05) is 32.7 Å². The molecule has 1 rings (SSSR count). The molecule has 1 atom stereocenters. The molecule has 0 bridgehead atoms. The van der Waals surface area contributed by atoms with Gasteiger partial charge in [0.1, 0.15) is 0 Å². The summed E-state index contributed by atoms with van der Waals surface area (Å²) in [5, 5.41) is 3.37. The molecule has 0 aromatic rings. The zero-order chi connectivity index (χ0) is 9.52. The van der Waals surface area contributed by atoms with Gasteiger partial charge in [0.2, 0.25) is 0 Å². The Hall–Kier alpha value is -0.0800. The molecule has 1 saturated heterocycles. The quantitative estimate of drug-likeness (QED) is 0.654. The van der Waals surface area contributed by atoms with Crippen LogP contribution in [0.1, 0.15) is 33.1 Å². The number of hydrogen-bond donors (Lipinski definition) is 1. The van der Waals surface area contributed by atoms with Crippen molar-refractivity contribution in [3.8, 4) is 0 Å². The van der Waals surface area contributed by atoms with Gasteiger partial charge in [0.15, 0.2) is 0 Å². The highest BCUT2D eigenvalue weighted by molar-refractivity contribution is 4.69. The standard InChI is InChI=1S/C11H24N2/c1-3-12-7-5-9-13-8-4-6-11(2)10-13/h11-12H,3-10H2,1-2H3. The van der Waals surface area contributed by atoms with Gasteiger partial charge in [-0.3, -0.25) is 0 Å². The van der Waals surface area contributed by atoms with Crippen molar-refractivity contribution < 1.29 is 0 Å². The smallest absolute Gasteiger partial charge is 0.000703 e. The number of nitrogens with one attached hydrogen (secondary N) is 1. The molecule has 1 unspecified atom stereocenters. The first-order valence-electron chi connectivity index (χ1n) is 5.76. The molecule has 78 valence electrons. The highest BCUT2D eigenvalue weighted by Crippen LogP contribution is 2.14. The summed E-state index contributed by atoms with van der Waals surface area (Å²) in [4.78, 5) is 2.62. The zero-order valence-electron chi connectivity index (χ0n) is 9.18. The van der Waals surface area contributed by atoms with E-state index in [1.165, 1.54) is 45.4 Å². The monoisotopic (exact) mass is 184 g/mol. The predicted octanol–water partition coefficient (Wildman–Crippen LogP) is 1.72. The lowest BCUT2D eigenvalue weighted by Gasteiger charge is -2.30. The van der Waals surface area contributed by atoms with E-state index in [0.29, 0.717) is 0 Å². The molecular formula is C11H24N2. The lowest BCUT2D eigenvalue weighted by Crippen LogP contribution is -2.36. The summed E-state index contributed by atoms with van der Waals surface area (Å²) in [6, 6.07) is 0. The summed E-state index contributed by atoms with van der Waals surface area (Å²) in [6.45, 7) is 10.8. The second kappa shape index (κ2) is 6.39. The van der Waals surface area contributed by atoms with Crippen LogP contribution in [0.25, 0.3) is 0 Å². The van der Waals surface area contributed by atoms with Gasteiger partial charge in [-0.25, -0.2) is 0 Å². The Morgan fingerprint density at radius 3 is 3.00 bits per heavy atom. The molecule has 0 spiro atoms. The second-order valence-electron chi connectivity index (χ2n) is 4.26. The Labute approximate surface area is 82.7 Å². The molecule has 0 saturated carbocycles. The topological polar surface area (TPSA) is 15.3 Å². The fraction of sp³-hybridized carbons (Fsp3) is 1.00. The fourth-order valence-corrected chi connectivity index (χ4v) is 2.09. The molecule has 1 heterocycles. The van der Waals surface area contributed by atoms with Crippen molar-refractivity contribution in [1.29, 1.82) is 0 Å². The van der Waals surface area contributed by atoms with Gasteiger partial charge in [0.05, 0.1) is 0 Å². The lowest BCUT2D eigenvalue weighted by molar-refractivity contribution is 0.182. The maximum atomic E-state index is 3.37. The molecule has 0 amide bonds. The Morgan fingerprint density at radius 2 is 2.31 bits per heavy atom. The fourth-order valence-electron chi connectivity index (χ4n) is 2.09. The van der Waals surface area contributed by atoms with Crippen LogP contribution in [-0.4, -0.2) is 37.6 Å². The van der Waals surface area contributed by atoms with Crippen molar-refractivity contribution in [1.82, 2.24) is 10.2 Å². The van der Waals surface area contributed by atoms with E-state index in [2.05, 4.69) is 24.1 Å². The number of piperidine rings is 1. The maximum absolute atomic E-state index is 3.37. The van der Waals surface area contributed by atoms with Crippen molar-refractivity contribution in [3.63, 3.8) is 0 Å². The molecule has 0 radical (unpaired) electrons. The third-order valence-electron chi connectivity index (χ3n) is 2.82. The molecule has 2 nitrogen and oxygen atoms in total. The first-order valence-corrected chi connectivity index (χ1v) is 5.76. The zero-order valence-corrected chi connectivity index (χ0v) is 9.18. The van der Waals surface area contributed by atoms with Gasteiger partial charge in [0, 0.05) is 6.54 Å². The Kier molecular flexibility index (Phi) is 5.40. The molecule has 0 aliphatic carbocycles. The first-order chi connectivity index (χ1) is 6.33. The first kappa shape index (κ1) is 11.0. The van der Waals surface area contributed by atoms with Crippen LogP contribution >= 0.6 is 0 Å². The number of likely N-dealkylation sites (tertiary alicyclic amines) is 1. The van der Waals surface area contributed by atoms with E-state index in [9.17, 15) is 0 Å².